The van der Waals surface area contributed by atoms with Crippen molar-refractivity contribution in [2.45, 2.75) is 25.7 Å². The highest BCUT2D eigenvalue weighted by atomic mass is 35.5. The lowest BCUT2D eigenvalue weighted by Crippen LogP contribution is -2.46. The third-order valence-corrected chi connectivity index (χ3v) is 5.47. The number of aryl methyl sites for hydroxylation is 1. The number of fused-ring (bicyclic) bond motifs is 1. The molecule has 0 amide bonds. The Kier molecular flexibility index (Phi) is 6.81. The molecule has 0 spiro atoms. The minimum atomic E-state index is 0. The van der Waals surface area contributed by atoms with Crippen LogP contribution in [0.2, 0.25) is 0 Å². The van der Waals surface area contributed by atoms with Gasteiger partial charge in [0.1, 0.15) is 5.75 Å². The van der Waals surface area contributed by atoms with Crippen molar-refractivity contribution in [3.8, 4) is 5.75 Å². The monoisotopic (exact) mass is 372 g/mol. The summed E-state index contributed by atoms with van der Waals surface area (Å²) >= 11 is 0. The second-order valence-corrected chi connectivity index (χ2v) is 7.11. The number of rotatable bonds is 6. The second-order valence-electron chi connectivity index (χ2n) is 7.11. The first-order valence-corrected chi connectivity index (χ1v) is 9.66. The molecule has 0 aromatic heterocycles. The Balaban J connectivity index is 0.00000196. The van der Waals surface area contributed by atoms with E-state index in [-0.39, 0.29) is 12.4 Å². The summed E-state index contributed by atoms with van der Waals surface area (Å²) < 4.78 is 6.09. The molecule has 0 bridgehead atoms. The predicted octanol–water partition coefficient (Wildman–Crippen LogP) is 4.19. The summed E-state index contributed by atoms with van der Waals surface area (Å²) in [5.41, 5.74) is 4.30. The summed E-state index contributed by atoms with van der Waals surface area (Å²) in [4.78, 5) is 5.05. The lowest BCUT2D eigenvalue weighted by molar-refractivity contribution is 0.224. The molecule has 1 aliphatic heterocycles. The number of ether oxygens (including phenoxy) is 1. The number of piperazine rings is 1. The fourth-order valence-corrected chi connectivity index (χ4v) is 4.06. The topological polar surface area (TPSA) is 15.7 Å². The third kappa shape index (κ3) is 4.52. The lowest BCUT2D eigenvalue weighted by Gasteiger charge is -2.36. The molecule has 1 saturated heterocycles. The van der Waals surface area contributed by atoms with Crippen LogP contribution in [0.4, 0.5) is 5.69 Å². The van der Waals surface area contributed by atoms with Gasteiger partial charge in [0.05, 0.1) is 6.61 Å². The van der Waals surface area contributed by atoms with Crippen LogP contribution >= 0.6 is 12.4 Å². The maximum atomic E-state index is 6.09. The van der Waals surface area contributed by atoms with Gasteiger partial charge in [-0.15, -0.1) is 12.4 Å². The van der Waals surface area contributed by atoms with Gasteiger partial charge in [0.25, 0.3) is 0 Å². The van der Waals surface area contributed by atoms with Gasteiger partial charge in [0.15, 0.2) is 0 Å². The van der Waals surface area contributed by atoms with E-state index >= 15 is 0 Å². The first-order chi connectivity index (χ1) is 12.4. The van der Waals surface area contributed by atoms with E-state index in [1.54, 1.807) is 0 Å². The highest BCUT2D eigenvalue weighted by Crippen LogP contribution is 2.30. The summed E-state index contributed by atoms with van der Waals surface area (Å²) in [5, 5.41) is 0. The molecule has 0 radical (unpaired) electrons. The van der Waals surface area contributed by atoms with Crippen molar-refractivity contribution in [2.75, 3.05) is 44.2 Å². The van der Waals surface area contributed by atoms with Gasteiger partial charge in [-0.25, -0.2) is 0 Å². The third-order valence-electron chi connectivity index (χ3n) is 5.47. The zero-order chi connectivity index (χ0) is 16.9. The molecule has 1 fully saturated rings. The van der Waals surface area contributed by atoms with Gasteiger partial charge in [-0.05, 0) is 55.0 Å². The van der Waals surface area contributed by atoms with Gasteiger partial charge in [-0.3, -0.25) is 4.90 Å². The van der Waals surface area contributed by atoms with Crippen molar-refractivity contribution in [1.29, 1.82) is 0 Å². The summed E-state index contributed by atoms with van der Waals surface area (Å²) in [6, 6.07) is 17.3. The molecule has 4 rings (SSSR count). The van der Waals surface area contributed by atoms with E-state index in [4.69, 9.17) is 4.74 Å². The molecule has 2 aromatic rings. The number of halogens is 1. The maximum absolute atomic E-state index is 6.09. The zero-order valence-corrected chi connectivity index (χ0v) is 16.2. The van der Waals surface area contributed by atoms with Crippen LogP contribution in [-0.4, -0.2) is 44.2 Å². The van der Waals surface area contributed by atoms with Gasteiger partial charge in [-0.2, -0.15) is 0 Å². The molecule has 26 heavy (non-hydrogen) atoms. The fourth-order valence-electron chi connectivity index (χ4n) is 4.06. The van der Waals surface area contributed by atoms with Crippen LogP contribution in [0.1, 0.15) is 24.0 Å². The zero-order valence-electron chi connectivity index (χ0n) is 15.4. The molecule has 3 nitrogen and oxygen atoms in total. The quantitative estimate of drug-likeness (QED) is 0.707. The second kappa shape index (κ2) is 9.29. The molecule has 4 heteroatoms. The van der Waals surface area contributed by atoms with E-state index in [0.29, 0.717) is 0 Å². The first-order valence-electron chi connectivity index (χ1n) is 9.66. The summed E-state index contributed by atoms with van der Waals surface area (Å²) in [6.07, 6.45) is 4.79. The van der Waals surface area contributed by atoms with E-state index in [0.717, 1.165) is 51.5 Å². The van der Waals surface area contributed by atoms with Crippen LogP contribution in [-0.2, 0) is 12.8 Å². The SMILES string of the molecule is Cl.c1ccc(N2CCN(CCCOc3cccc4c3CCC4)CC2)cc1. The average molecular weight is 373 g/mol. The molecular formula is C22H29ClN2O. The van der Waals surface area contributed by atoms with E-state index in [1.165, 1.54) is 36.1 Å². The highest BCUT2D eigenvalue weighted by Gasteiger charge is 2.17. The number of anilines is 1. The number of para-hydroxylation sites is 1. The van der Waals surface area contributed by atoms with E-state index in [2.05, 4.69) is 58.3 Å². The van der Waals surface area contributed by atoms with Crippen molar-refractivity contribution >= 4 is 18.1 Å². The molecule has 2 aromatic carbocycles. The summed E-state index contributed by atoms with van der Waals surface area (Å²) in [6.45, 7) is 6.51. The lowest BCUT2D eigenvalue weighted by atomic mass is 10.1. The first kappa shape index (κ1) is 19.1. The molecule has 0 N–H and O–H groups in total. The Hall–Kier alpha value is -1.71. The van der Waals surface area contributed by atoms with E-state index in [1.807, 2.05) is 0 Å². The smallest absolute Gasteiger partial charge is 0.122 e. The molecule has 140 valence electrons. The van der Waals surface area contributed by atoms with Gasteiger partial charge >= 0.3 is 0 Å². The standard InChI is InChI=1S/C22H28N2O.ClH/c1-2-9-20(10-3-1)24-16-14-23(15-17-24)13-6-18-25-22-12-5-8-19-7-4-11-21(19)22;/h1-3,5,8-10,12H,4,6-7,11,13-18H2;1H. The Morgan fingerprint density at radius 3 is 2.46 bits per heavy atom. The predicted molar refractivity (Wildman–Crippen MR) is 111 cm³/mol. The van der Waals surface area contributed by atoms with Crippen LogP contribution in [0.25, 0.3) is 0 Å². The molecule has 1 aliphatic carbocycles. The van der Waals surface area contributed by atoms with Crippen molar-refractivity contribution in [2.24, 2.45) is 0 Å². The molecule has 2 aliphatic rings. The Morgan fingerprint density at radius 2 is 1.65 bits per heavy atom. The number of hydrogen-bond acceptors (Lipinski definition) is 3. The minimum absolute atomic E-state index is 0. The highest BCUT2D eigenvalue weighted by molar-refractivity contribution is 5.85. The number of hydrogen-bond donors (Lipinski definition) is 0. The maximum Gasteiger partial charge on any atom is 0.122 e. The largest absolute Gasteiger partial charge is 0.493 e. The fraction of sp³-hybridized carbons (Fsp3) is 0.455. The van der Waals surface area contributed by atoms with Crippen molar-refractivity contribution in [3.63, 3.8) is 0 Å². The van der Waals surface area contributed by atoms with Crippen LogP contribution < -0.4 is 9.64 Å². The number of benzene rings is 2. The van der Waals surface area contributed by atoms with Gasteiger partial charge in [0.2, 0.25) is 0 Å². The summed E-state index contributed by atoms with van der Waals surface area (Å²) in [5.74, 6) is 1.13. The van der Waals surface area contributed by atoms with Crippen molar-refractivity contribution in [3.05, 3.63) is 59.7 Å². The van der Waals surface area contributed by atoms with Crippen LogP contribution in [0.5, 0.6) is 5.75 Å². The Morgan fingerprint density at radius 1 is 0.846 bits per heavy atom. The van der Waals surface area contributed by atoms with Gasteiger partial charge in [-0.1, -0.05) is 30.3 Å². The Labute approximate surface area is 163 Å². The van der Waals surface area contributed by atoms with Gasteiger partial charge in [0, 0.05) is 38.4 Å². The van der Waals surface area contributed by atoms with Gasteiger partial charge < -0.3 is 9.64 Å². The Bertz CT molecular complexity index is 684. The summed E-state index contributed by atoms with van der Waals surface area (Å²) in [7, 11) is 0. The van der Waals surface area contributed by atoms with E-state index < -0.39 is 0 Å². The number of nitrogens with zero attached hydrogens (tertiary/aromatic N) is 2. The van der Waals surface area contributed by atoms with Crippen molar-refractivity contribution in [1.82, 2.24) is 4.90 Å². The van der Waals surface area contributed by atoms with Crippen molar-refractivity contribution < 1.29 is 4.74 Å². The minimum Gasteiger partial charge on any atom is -0.493 e. The van der Waals surface area contributed by atoms with Crippen LogP contribution in [0.15, 0.2) is 48.5 Å². The molecule has 0 saturated carbocycles. The molecule has 0 unspecified atom stereocenters. The normalized spacial score (nSPS) is 16.8. The molecule has 1 heterocycles. The molecule has 0 atom stereocenters. The van der Waals surface area contributed by atoms with Crippen LogP contribution in [0.3, 0.4) is 0 Å². The average Bonchev–Trinajstić information content (AvgIpc) is 3.16. The van der Waals surface area contributed by atoms with E-state index in [9.17, 15) is 0 Å². The molecular weight excluding hydrogens is 344 g/mol. The van der Waals surface area contributed by atoms with Crippen LogP contribution in [0, 0.1) is 0 Å².